The molecule has 1 N–H and O–H groups in total. The summed E-state index contributed by atoms with van der Waals surface area (Å²) in [5, 5.41) is 6.98. The van der Waals surface area contributed by atoms with Gasteiger partial charge >= 0.3 is 0 Å². The van der Waals surface area contributed by atoms with E-state index < -0.39 is 0 Å². The third-order valence-corrected chi connectivity index (χ3v) is 4.36. The molecule has 2 rings (SSSR count). The molecule has 0 aliphatic carbocycles. The van der Waals surface area contributed by atoms with Crippen LogP contribution in [-0.2, 0) is 0 Å². The van der Waals surface area contributed by atoms with Gasteiger partial charge in [0.2, 0.25) is 0 Å². The van der Waals surface area contributed by atoms with Crippen molar-refractivity contribution < 1.29 is 4.79 Å². The van der Waals surface area contributed by atoms with E-state index >= 15 is 0 Å². The largest absolute Gasteiger partial charge is 0.352 e. The maximum absolute atomic E-state index is 12.1. The maximum Gasteiger partial charge on any atom is 0.252 e. The fourth-order valence-corrected chi connectivity index (χ4v) is 3.53. The zero-order valence-electron chi connectivity index (χ0n) is 10.3. The van der Waals surface area contributed by atoms with Crippen molar-refractivity contribution in [1.29, 1.82) is 0 Å². The molecule has 0 fully saturated rings. The number of fused-ring (bicyclic) bond motifs is 1. The second-order valence-corrected chi connectivity index (χ2v) is 6.14. The van der Waals surface area contributed by atoms with Crippen LogP contribution in [0.4, 0.5) is 0 Å². The third-order valence-electron chi connectivity index (χ3n) is 2.94. The molecule has 0 aliphatic rings. The Hall–Kier alpha value is -0.870. The summed E-state index contributed by atoms with van der Waals surface area (Å²) in [5.74, 6) is 0.534. The lowest BCUT2D eigenvalue weighted by atomic mass is 10.1. The summed E-state index contributed by atoms with van der Waals surface area (Å²) in [6.45, 7) is 2.88. The van der Waals surface area contributed by atoms with Gasteiger partial charge in [0.25, 0.3) is 5.91 Å². The van der Waals surface area contributed by atoms with Crippen molar-refractivity contribution in [2.24, 2.45) is 5.92 Å². The number of benzene rings is 1. The normalized spacial score (nSPS) is 12.6. The number of amides is 1. The van der Waals surface area contributed by atoms with E-state index in [1.807, 2.05) is 29.6 Å². The predicted molar refractivity (Wildman–Crippen MR) is 81.7 cm³/mol. The van der Waals surface area contributed by atoms with Crippen LogP contribution in [0.25, 0.3) is 10.1 Å². The smallest absolute Gasteiger partial charge is 0.252 e. The molecule has 0 radical (unpaired) electrons. The molecule has 1 aromatic carbocycles. The van der Waals surface area contributed by atoms with Gasteiger partial charge in [-0.05, 0) is 18.4 Å². The zero-order valence-corrected chi connectivity index (χ0v) is 12.7. The molecule has 0 saturated heterocycles. The molecule has 2 aromatic rings. The summed E-state index contributed by atoms with van der Waals surface area (Å²) in [6, 6.07) is 8.02. The molecule has 2 nitrogen and oxygen atoms in total. The second kappa shape index (κ2) is 6.34. The Balaban J connectivity index is 2.05. The lowest BCUT2D eigenvalue weighted by Crippen LogP contribution is -2.28. The first-order valence-electron chi connectivity index (χ1n) is 6.02. The van der Waals surface area contributed by atoms with Crippen LogP contribution in [0.5, 0.6) is 0 Å². The van der Waals surface area contributed by atoms with E-state index in [2.05, 4.69) is 28.2 Å². The number of nitrogens with one attached hydrogen (secondary N) is 1. The standard InChI is InChI=1S/C14H16BrNOS/c1-10(6-7-15)8-16-14(17)12-9-18-13-5-3-2-4-11(12)13/h2-5,9-10H,6-8H2,1H3,(H,16,17). The summed E-state index contributed by atoms with van der Waals surface area (Å²) >= 11 is 5.04. The van der Waals surface area contributed by atoms with Crippen LogP contribution in [0.3, 0.4) is 0 Å². The number of rotatable bonds is 5. The van der Waals surface area contributed by atoms with Gasteiger partial charge in [0.15, 0.2) is 0 Å². The second-order valence-electron chi connectivity index (χ2n) is 4.44. The van der Waals surface area contributed by atoms with Crippen molar-refractivity contribution in [3.8, 4) is 0 Å². The summed E-state index contributed by atoms with van der Waals surface area (Å²) < 4.78 is 1.16. The Labute approximate surface area is 120 Å². The number of halogens is 1. The van der Waals surface area contributed by atoms with Crippen molar-refractivity contribution in [2.75, 3.05) is 11.9 Å². The van der Waals surface area contributed by atoms with Gasteiger partial charge in [-0.15, -0.1) is 11.3 Å². The Morgan fingerprint density at radius 2 is 2.22 bits per heavy atom. The van der Waals surface area contributed by atoms with Crippen molar-refractivity contribution >= 4 is 43.3 Å². The molecule has 1 unspecified atom stereocenters. The van der Waals surface area contributed by atoms with E-state index in [1.54, 1.807) is 11.3 Å². The van der Waals surface area contributed by atoms with Crippen molar-refractivity contribution in [3.05, 3.63) is 35.2 Å². The van der Waals surface area contributed by atoms with E-state index in [4.69, 9.17) is 0 Å². The van der Waals surface area contributed by atoms with Gasteiger partial charge in [-0.2, -0.15) is 0 Å². The van der Waals surface area contributed by atoms with Crippen molar-refractivity contribution in [1.82, 2.24) is 5.32 Å². The molecule has 0 aliphatic heterocycles. The van der Waals surface area contributed by atoms with Gasteiger partial charge in [0.05, 0.1) is 5.56 Å². The zero-order chi connectivity index (χ0) is 13.0. The van der Waals surface area contributed by atoms with Crippen LogP contribution in [0.1, 0.15) is 23.7 Å². The SMILES string of the molecule is CC(CCBr)CNC(=O)c1csc2ccccc12. The van der Waals surface area contributed by atoms with Gasteiger partial charge in [-0.1, -0.05) is 41.1 Å². The molecule has 4 heteroatoms. The summed E-state index contributed by atoms with van der Waals surface area (Å²) in [7, 11) is 0. The van der Waals surface area contributed by atoms with E-state index in [-0.39, 0.29) is 5.91 Å². The van der Waals surface area contributed by atoms with Crippen LogP contribution in [0.15, 0.2) is 29.6 Å². The highest BCUT2D eigenvalue weighted by Crippen LogP contribution is 2.25. The molecule has 0 spiro atoms. The molecule has 96 valence electrons. The molecule has 1 amide bonds. The quantitative estimate of drug-likeness (QED) is 0.825. The number of carbonyl (C=O) groups is 1. The van der Waals surface area contributed by atoms with Gasteiger partial charge in [0, 0.05) is 27.3 Å². The number of alkyl halides is 1. The molecule has 1 atom stereocenters. The van der Waals surface area contributed by atoms with Gasteiger partial charge in [-0.25, -0.2) is 0 Å². The summed E-state index contributed by atoms with van der Waals surface area (Å²) in [4.78, 5) is 12.1. The molecule has 1 aromatic heterocycles. The Morgan fingerprint density at radius 3 is 3.00 bits per heavy atom. The fourth-order valence-electron chi connectivity index (χ4n) is 1.80. The number of hydrogen-bond donors (Lipinski definition) is 1. The number of hydrogen-bond acceptors (Lipinski definition) is 2. The van der Waals surface area contributed by atoms with E-state index in [9.17, 15) is 4.79 Å². The first kappa shape index (κ1) is 13.6. The van der Waals surface area contributed by atoms with Crippen LogP contribution >= 0.6 is 27.3 Å². The highest BCUT2D eigenvalue weighted by atomic mass is 79.9. The van der Waals surface area contributed by atoms with Crippen LogP contribution < -0.4 is 5.32 Å². The van der Waals surface area contributed by atoms with Crippen LogP contribution in [-0.4, -0.2) is 17.8 Å². The minimum absolute atomic E-state index is 0.0360. The van der Waals surface area contributed by atoms with E-state index in [0.29, 0.717) is 5.92 Å². The number of carbonyl (C=O) groups excluding carboxylic acids is 1. The monoisotopic (exact) mass is 325 g/mol. The average molecular weight is 326 g/mol. The summed E-state index contributed by atoms with van der Waals surface area (Å²) in [5.41, 5.74) is 0.793. The first-order chi connectivity index (χ1) is 8.72. The van der Waals surface area contributed by atoms with Crippen LogP contribution in [0.2, 0.25) is 0 Å². The molecule has 1 heterocycles. The molecule has 0 bridgehead atoms. The summed E-state index contributed by atoms with van der Waals surface area (Å²) in [6.07, 6.45) is 1.07. The maximum atomic E-state index is 12.1. The Kier molecular flexibility index (Phi) is 4.78. The highest BCUT2D eigenvalue weighted by Gasteiger charge is 2.12. The molecule has 0 saturated carbocycles. The van der Waals surface area contributed by atoms with Gasteiger partial charge in [-0.3, -0.25) is 4.79 Å². The number of thiophene rings is 1. The van der Waals surface area contributed by atoms with Gasteiger partial charge < -0.3 is 5.32 Å². The molecule has 18 heavy (non-hydrogen) atoms. The third kappa shape index (κ3) is 3.12. The average Bonchev–Trinajstić information content (AvgIpc) is 2.80. The van der Waals surface area contributed by atoms with Crippen molar-refractivity contribution in [2.45, 2.75) is 13.3 Å². The van der Waals surface area contributed by atoms with E-state index in [0.717, 1.165) is 33.9 Å². The van der Waals surface area contributed by atoms with Crippen LogP contribution in [0, 0.1) is 5.92 Å². The Morgan fingerprint density at radius 1 is 1.44 bits per heavy atom. The van der Waals surface area contributed by atoms with Gasteiger partial charge in [0.1, 0.15) is 0 Å². The highest BCUT2D eigenvalue weighted by molar-refractivity contribution is 9.09. The topological polar surface area (TPSA) is 29.1 Å². The van der Waals surface area contributed by atoms with E-state index in [1.165, 1.54) is 0 Å². The Bertz CT molecular complexity index is 537. The van der Waals surface area contributed by atoms with Crippen molar-refractivity contribution in [3.63, 3.8) is 0 Å². The predicted octanol–water partition coefficient (Wildman–Crippen LogP) is 4.05. The molecular weight excluding hydrogens is 310 g/mol. The lowest BCUT2D eigenvalue weighted by molar-refractivity contribution is 0.0950. The fraction of sp³-hybridized carbons (Fsp3) is 0.357. The first-order valence-corrected chi connectivity index (χ1v) is 8.03. The minimum Gasteiger partial charge on any atom is -0.352 e. The molecular formula is C14H16BrNOS. The lowest BCUT2D eigenvalue weighted by Gasteiger charge is -2.10. The minimum atomic E-state index is 0.0360.